The molecule has 118 heavy (non-hydrogen) atoms. The molecule has 15 atom stereocenters. The number of carbonyl (C=O) groups excluding carboxylic acids is 8. The summed E-state index contributed by atoms with van der Waals surface area (Å²) in [5.41, 5.74) is 1.98. The van der Waals surface area contributed by atoms with E-state index in [1.807, 2.05) is 60.7 Å². The van der Waals surface area contributed by atoms with Crippen LogP contribution in [-0.2, 0) is 84.3 Å². The summed E-state index contributed by atoms with van der Waals surface area (Å²) in [4.78, 5) is 118. The van der Waals surface area contributed by atoms with Gasteiger partial charge in [-0.15, -0.1) is 0 Å². The molecule has 3 heterocycles. The first-order chi connectivity index (χ1) is 57.8. The minimum atomic E-state index is -1.95. The second-order valence-electron chi connectivity index (χ2n) is 27.4. The van der Waals surface area contributed by atoms with Crippen LogP contribution >= 0.6 is 0 Å². The Labute approximate surface area is 685 Å². The molecule has 24 heteroatoms. The molecule has 0 unspecified atom stereocenters. The molecule has 3 saturated heterocycles. The minimum Gasteiger partial charge on any atom is -0.452 e. The molecule has 11 aromatic rings. The SMILES string of the molecule is O=C(OC[C@H]1O[C@@H](OC[C@H]2O[C@@H](OC[C@H]3O[C@@H]([Se]c4ccccc4)[C@H](OC(=O)c4ccccc4)[C@@H](OC(=O)c4ccccc4)[C@@H]3OCc3ccccc3)[C@H](OC(=O)c3ccccc3)[C@@H](OC(=O)c3ccccc3)[C@@H]2OCc2ccccc2)[C@H](OC(=O)c2ccccc2)[C@@H](OC(=O)c2ccccc2)[C@@H]1OC(=O)c1ccccc1)c1ccccc1. The van der Waals surface area contributed by atoms with Gasteiger partial charge in [0.25, 0.3) is 0 Å². The van der Waals surface area contributed by atoms with Crippen LogP contribution in [0, 0.1) is 0 Å². The number of rotatable bonds is 31. The van der Waals surface area contributed by atoms with E-state index < -0.39 is 173 Å². The predicted molar refractivity (Wildman–Crippen MR) is 426 cm³/mol. The molecule has 11 aromatic carbocycles. The van der Waals surface area contributed by atoms with E-state index in [0.29, 0.717) is 11.1 Å². The average molecular weight is 1660 g/mol. The molecule has 0 radical (unpaired) electrons. The van der Waals surface area contributed by atoms with E-state index in [-0.39, 0.29) is 57.7 Å². The monoisotopic (exact) mass is 1660 g/mol. The van der Waals surface area contributed by atoms with Crippen LogP contribution in [0.15, 0.2) is 334 Å². The van der Waals surface area contributed by atoms with Gasteiger partial charge in [0.2, 0.25) is 0 Å². The molecule has 600 valence electrons. The Bertz CT molecular complexity index is 5080. The summed E-state index contributed by atoms with van der Waals surface area (Å²) < 4.78 is 102. The van der Waals surface area contributed by atoms with Gasteiger partial charge in [0.15, 0.2) is 12.2 Å². The van der Waals surface area contributed by atoms with Gasteiger partial charge in [0.1, 0.15) is 12.7 Å². The average Bonchev–Trinajstić information content (AvgIpc) is 0.775. The summed E-state index contributed by atoms with van der Waals surface area (Å²) in [6.45, 7) is -2.44. The third-order valence-electron chi connectivity index (χ3n) is 19.3. The van der Waals surface area contributed by atoms with Crippen LogP contribution in [0.2, 0.25) is 0 Å². The van der Waals surface area contributed by atoms with E-state index in [4.69, 9.17) is 71.1 Å². The molecule has 0 saturated carbocycles. The van der Waals surface area contributed by atoms with Crippen LogP contribution in [0.4, 0.5) is 0 Å². The molecule has 0 amide bonds. The zero-order chi connectivity index (χ0) is 81.4. The van der Waals surface area contributed by atoms with Crippen molar-refractivity contribution in [3.05, 3.63) is 389 Å². The summed E-state index contributed by atoms with van der Waals surface area (Å²) in [5.74, 6) is -7.18. The summed E-state index contributed by atoms with van der Waals surface area (Å²) in [6, 6.07) is 91.4. The number of esters is 8. The minimum absolute atomic E-state index is 0.0155. The van der Waals surface area contributed by atoms with Gasteiger partial charge in [0, 0.05) is 0 Å². The Morgan fingerprint density at radius 2 is 0.466 bits per heavy atom. The molecule has 3 aliphatic rings. The van der Waals surface area contributed by atoms with Gasteiger partial charge >= 0.3 is 429 Å². The van der Waals surface area contributed by atoms with Gasteiger partial charge in [-0.1, -0.05) is 127 Å². The molecule has 3 fully saturated rings. The van der Waals surface area contributed by atoms with Crippen molar-refractivity contribution in [1.82, 2.24) is 0 Å². The van der Waals surface area contributed by atoms with Crippen molar-refractivity contribution in [1.29, 1.82) is 0 Å². The van der Waals surface area contributed by atoms with E-state index >= 15 is 9.59 Å². The molecular formula is C94H80O23Se. The quantitative estimate of drug-likeness (QED) is 0.0222. The predicted octanol–water partition coefficient (Wildman–Crippen LogP) is 12.8. The second kappa shape index (κ2) is 40.8. The molecule has 0 N–H and O–H groups in total. The van der Waals surface area contributed by atoms with E-state index in [2.05, 4.69) is 0 Å². The van der Waals surface area contributed by atoms with Gasteiger partial charge in [-0.25, -0.2) is 19.2 Å². The number of benzene rings is 11. The van der Waals surface area contributed by atoms with Gasteiger partial charge < -0.3 is 18.9 Å². The molecule has 0 spiro atoms. The number of carbonyl (C=O) groups is 8. The van der Waals surface area contributed by atoms with Gasteiger partial charge in [-0.3, -0.25) is 0 Å². The number of hydrogen-bond donors (Lipinski definition) is 0. The van der Waals surface area contributed by atoms with Crippen LogP contribution in [0.1, 0.15) is 94.0 Å². The maximum atomic E-state index is 15.2. The van der Waals surface area contributed by atoms with Crippen LogP contribution < -0.4 is 4.46 Å². The van der Waals surface area contributed by atoms with Crippen molar-refractivity contribution in [2.75, 3.05) is 19.8 Å². The summed E-state index contributed by atoms with van der Waals surface area (Å²) >= 11 is -0.778. The van der Waals surface area contributed by atoms with Crippen LogP contribution in [-0.4, -0.2) is 173 Å². The molecular weight excluding hydrogens is 1580 g/mol. The third-order valence-corrected chi connectivity index (χ3v) is 21.8. The van der Waals surface area contributed by atoms with Crippen molar-refractivity contribution in [2.45, 2.75) is 104 Å². The first-order valence-electron chi connectivity index (χ1n) is 38.1. The third kappa shape index (κ3) is 21.5. The fraction of sp³-hybridized carbons (Fsp3) is 0.213. The van der Waals surface area contributed by atoms with E-state index in [1.165, 1.54) is 72.8 Å². The fourth-order valence-electron chi connectivity index (χ4n) is 13.4. The van der Waals surface area contributed by atoms with E-state index in [1.54, 1.807) is 200 Å². The Morgan fingerprint density at radius 3 is 0.788 bits per heavy atom. The van der Waals surface area contributed by atoms with Crippen molar-refractivity contribution in [2.24, 2.45) is 0 Å². The van der Waals surface area contributed by atoms with Crippen molar-refractivity contribution in [3.8, 4) is 0 Å². The normalized spacial score (nSPS) is 22.7. The number of ether oxygens (including phenoxy) is 15. The Hall–Kier alpha value is -12.6. The first kappa shape index (κ1) is 82.0. The van der Waals surface area contributed by atoms with Crippen molar-refractivity contribution < 1.29 is 109 Å². The van der Waals surface area contributed by atoms with Gasteiger partial charge in [-0.2, -0.15) is 0 Å². The summed E-state index contributed by atoms with van der Waals surface area (Å²) in [5, 5.41) is -1.10. The van der Waals surface area contributed by atoms with Gasteiger partial charge in [-0.05, 0) is 48.5 Å². The van der Waals surface area contributed by atoms with E-state index in [9.17, 15) is 28.8 Å². The fourth-order valence-corrected chi connectivity index (χ4v) is 15.8. The van der Waals surface area contributed by atoms with Crippen LogP contribution in [0.3, 0.4) is 0 Å². The van der Waals surface area contributed by atoms with Crippen molar-refractivity contribution in [3.63, 3.8) is 0 Å². The zero-order valence-corrected chi connectivity index (χ0v) is 65.0. The zero-order valence-electron chi connectivity index (χ0n) is 63.2. The van der Waals surface area contributed by atoms with Gasteiger partial charge in [0.05, 0.1) is 22.3 Å². The second-order valence-corrected chi connectivity index (χ2v) is 29.8. The molecule has 0 aliphatic carbocycles. The molecule has 23 nitrogen and oxygen atoms in total. The van der Waals surface area contributed by atoms with Crippen molar-refractivity contribution >= 4 is 67.2 Å². The summed E-state index contributed by atoms with van der Waals surface area (Å²) in [6.07, 6.45) is -23.5. The van der Waals surface area contributed by atoms with Crippen LogP contribution in [0.5, 0.6) is 0 Å². The first-order valence-corrected chi connectivity index (χ1v) is 40.0. The molecule has 0 bridgehead atoms. The standard InChI is InChI=1S/C94H80O23Se/c95-84(63-38-16-3-17-39-63)105-58-74-77(111-85(96)64-40-18-4-19-41-64)80(114-88(99)67-46-24-7-25-47-67)82(116-90(101)69-50-28-9-29-51-69)93(109-74)106-59-72-75(103-56-61-34-12-1-13-35-61)78(112-86(97)65-42-20-5-21-43-65)81(115-89(100)68-48-26-8-27-49-68)92(108-72)107-60-73-76(104-57-62-36-14-2-15-37-62)79(113-87(98)66-44-22-6-23-45-66)83(117-91(102)70-52-30-10-31-53-70)94(110-73)118-71-54-32-11-33-55-71/h1-55,72-83,92-94H,56-60H2/t72-,73-,74-,75-,76-,77-,78+,79+,80+,81-,82-,83-,92-,93-,94+/m1/s1. The molecule has 0 aromatic heterocycles. The smallest absolute Gasteiger partial charge is 0.452 e. The maximum absolute atomic E-state index is 15.2. The Kier molecular flexibility index (Phi) is 28.4. The molecule has 14 rings (SSSR count). The Morgan fingerprint density at radius 1 is 0.229 bits per heavy atom. The van der Waals surface area contributed by atoms with Crippen LogP contribution in [0.25, 0.3) is 0 Å². The molecule has 3 aliphatic heterocycles. The topological polar surface area (TPSA) is 275 Å². The Balaban J connectivity index is 0.898. The number of hydrogen-bond acceptors (Lipinski definition) is 23. The summed E-state index contributed by atoms with van der Waals surface area (Å²) in [7, 11) is 0. The van der Waals surface area contributed by atoms with E-state index in [0.717, 1.165) is 4.46 Å².